The first-order valence-electron chi connectivity index (χ1n) is 5.88. The average Bonchev–Trinajstić information content (AvgIpc) is 2.60. The second-order valence-electron chi connectivity index (χ2n) is 4.66. The number of nitrogens with zero attached hydrogens (tertiary/aromatic N) is 1. The van der Waals surface area contributed by atoms with Crippen molar-refractivity contribution in [1.82, 2.24) is 9.88 Å². The predicted molar refractivity (Wildman–Crippen MR) is 69.8 cm³/mol. The second kappa shape index (κ2) is 4.30. The molecule has 0 saturated heterocycles. The Labute approximate surface area is 97.3 Å². The summed E-state index contributed by atoms with van der Waals surface area (Å²) in [5.74, 6) is 0. The Kier molecular flexibility index (Phi) is 3.01. The molecule has 0 aliphatic rings. The Balaban J connectivity index is 2.71. The van der Waals surface area contributed by atoms with Gasteiger partial charge in [-0.2, -0.15) is 0 Å². The molecule has 1 heterocycles. The molecule has 0 atom stereocenters. The lowest BCUT2D eigenvalue weighted by atomic mass is 10.1. The van der Waals surface area contributed by atoms with E-state index < -0.39 is 0 Å². The molecular formula is C14H20N2. The van der Waals surface area contributed by atoms with Gasteiger partial charge in [-0.3, -0.25) is 0 Å². The first kappa shape index (κ1) is 11.2. The molecule has 0 aliphatic carbocycles. The summed E-state index contributed by atoms with van der Waals surface area (Å²) < 4.78 is 2.37. The maximum absolute atomic E-state index is 3.23. The molecule has 0 unspecified atom stereocenters. The quantitative estimate of drug-likeness (QED) is 0.833. The summed E-state index contributed by atoms with van der Waals surface area (Å²) in [6.07, 6.45) is 2.28. The number of nitrogens with one attached hydrogen (secondary N) is 1. The van der Waals surface area contributed by atoms with Gasteiger partial charge in [0.2, 0.25) is 0 Å². The SMILES string of the molecule is CNCc1cn(C(C)C)c2c(C)cccc12. The Morgan fingerprint density at radius 1 is 1.31 bits per heavy atom. The zero-order chi connectivity index (χ0) is 11.7. The number of hydrogen-bond donors (Lipinski definition) is 1. The van der Waals surface area contributed by atoms with Gasteiger partial charge in [-0.25, -0.2) is 0 Å². The van der Waals surface area contributed by atoms with Gasteiger partial charge in [0.25, 0.3) is 0 Å². The fraction of sp³-hybridized carbons (Fsp3) is 0.429. The number of fused-ring (bicyclic) bond motifs is 1. The van der Waals surface area contributed by atoms with E-state index in [1.807, 2.05) is 7.05 Å². The number of rotatable bonds is 3. The molecule has 2 nitrogen and oxygen atoms in total. The van der Waals surface area contributed by atoms with Gasteiger partial charge in [0.05, 0.1) is 5.52 Å². The van der Waals surface area contributed by atoms with E-state index in [4.69, 9.17) is 0 Å². The topological polar surface area (TPSA) is 17.0 Å². The van der Waals surface area contributed by atoms with Crippen molar-refractivity contribution in [2.45, 2.75) is 33.4 Å². The van der Waals surface area contributed by atoms with Gasteiger partial charge >= 0.3 is 0 Å². The molecule has 1 N–H and O–H groups in total. The van der Waals surface area contributed by atoms with Gasteiger partial charge < -0.3 is 9.88 Å². The molecule has 0 amide bonds. The number of benzene rings is 1. The molecule has 0 radical (unpaired) electrons. The molecule has 16 heavy (non-hydrogen) atoms. The van der Waals surface area contributed by atoms with Crippen LogP contribution in [0.5, 0.6) is 0 Å². The van der Waals surface area contributed by atoms with Crippen LogP contribution in [0.15, 0.2) is 24.4 Å². The van der Waals surface area contributed by atoms with Crippen molar-refractivity contribution < 1.29 is 0 Å². The highest BCUT2D eigenvalue weighted by atomic mass is 15.0. The summed E-state index contributed by atoms with van der Waals surface area (Å²) in [5, 5.41) is 4.61. The summed E-state index contributed by atoms with van der Waals surface area (Å²) in [7, 11) is 1.99. The summed E-state index contributed by atoms with van der Waals surface area (Å²) in [6, 6.07) is 7.05. The first-order valence-corrected chi connectivity index (χ1v) is 5.88. The molecule has 1 aromatic heterocycles. The fourth-order valence-corrected chi connectivity index (χ4v) is 2.30. The van der Waals surface area contributed by atoms with Crippen molar-refractivity contribution in [1.29, 1.82) is 0 Å². The lowest BCUT2D eigenvalue weighted by molar-refractivity contribution is 0.618. The Hall–Kier alpha value is -1.28. The molecule has 0 spiro atoms. The van der Waals surface area contributed by atoms with Crippen LogP contribution in [0.4, 0.5) is 0 Å². The van der Waals surface area contributed by atoms with Crippen molar-refractivity contribution in [3.8, 4) is 0 Å². The lowest BCUT2D eigenvalue weighted by Gasteiger charge is -2.10. The van der Waals surface area contributed by atoms with E-state index in [9.17, 15) is 0 Å². The third kappa shape index (κ3) is 1.74. The third-order valence-corrected chi connectivity index (χ3v) is 3.06. The van der Waals surface area contributed by atoms with Crippen LogP contribution in [-0.2, 0) is 6.54 Å². The molecule has 2 heteroatoms. The minimum absolute atomic E-state index is 0.509. The number of para-hydroxylation sites is 1. The molecule has 2 aromatic rings. The van der Waals surface area contributed by atoms with E-state index >= 15 is 0 Å². The smallest absolute Gasteiger partial charge is 0.0515 e. The molecule has 1 aromatic carbocycles. The highest BCUT2D eigenvalue weighted by molar-refractivity contribution is 5.86. The van der Waals surface area contributed by atoms with Gasteiger partial charge in [0.15, 0.2) is 0 Å². The largest absolute Gasteiger partial charge is 0.344 e. The Morgan fingerprint density at radius 3 is 2.69 bits per heavy atom. The maximum Gasteiger partial charge on any atom is 0.0515 e. The van der Waals surface area contributed by atoms with E-state index in [0.29, 0.717) is 6.04 Å². The summed E-state index contributed by atoms with van der Waals surface area (Å²) in [5.41, 5.74) is 4.12. The van der Waals surface area contributed by atoms with E-state index in [-0.39, 0.29) is 0 Å². The summed E-state index contributed by atoms with van der Waals surface area (Å²) >= 11 is 0. The van der Waals surface area contributed by atoms with E-state index in [1.54, 1.807) is 0 Å². The van der Waals surface area contributed by atoms with Crippen LogP contribution in [0, 0.1) is 6.92 Å². The number of aryl methyl sites for hydroxylation is 1. The van der Waals surface area contributed by atoms with Crippen molar-refractivity contribution in [2.75, 3.05) is 7.05 Å². The first-order chi connectivity index (χ1) is 7.65. The summed E-state index contributed by atoms with van der Waals surface area (Å²) in [6.45, 7) is 7.58. The Bertz CT molecular complexity index is 495. The van der Waals surface area contributed by atoms with Gasteiger partial charge in [-0.15, -0.1) is 0 Å². The van der Waals surface area contributed by atoms with E-state index in [2.05, 4.69) is 55.1 Å². The van der Waals surface area contributed by atoms with Crippen LogP contribution in [0.1, 0.15) is 31.0 Å². The minimum atomic E-state index is 0.509. The van der Waals surface area contributed by atoms with Crippen molar-refractivity contribution in [3.63, 3.8) is 0 Å². The van der Waals surface area contributed by atoms with Crippen LogP contribution < -0.4 is 5.32 Å². The van der Waals surface area contributed by atoms with Crippen molar-refractivity contribution in [3.05, 3.63) is 35.5 Å². The third-order valence-electron chi connectivity index (χ3n) is 3.06. The minimum Gasteiger partial charge on any atom is -0.344 e. The molecule has 0 fully saturated rings. The van der Waals surface area contributed by atoms with Gasteiger partial charge in [0.1, 0.15) is 0 Å². The molecule has 2 rings (SSSR count). The molecular weight excluding hydrogens is 196 g/mol. The molecule has 86 valence electrons. The monoisotopic (exact) mass is 216 g/mol. The van der Waals surface area contributed by atoms with Crippen LogP contribution >= 0.6 is 0 Å². The van der Waals surface area contributed by atoms with Gasteiger partial charge in [-0.05, 0) is 38.9 Å². The highest BCUT2D eigenvalue weighted by Crippen LogP contribution is 2.27. The Morgan fingerprint density at radius 2 is 2.06 bits per heavy atom. The fourth-order valence-electron chi connectivity index (χ4n) is 2.30. The molecule has 0 bridgehead atoms. The maximum atomic E-state index is 3.23. The zero-order valence-electron chi connectivity index (χ0n) is 10.5. The predicted octanol–water partition coefficient (Wildman–Crippen LogP) is 3.25. The van der Waals surface area contributed by atoms with Gasteiger partial charge in [0, 0.05) is 24.2 Å². The lowest BCUT2D eigenvalue weighted by Crippen LogP contribution is -2.04. The average molecular weight is 216 g/mol. The molecule has 0 aliphatic heterocycles. The van der Waals surface area contributed by atoms with Crippen molar-refractivity contribution in [2.24, 2.45) is 0 Å². The number of aromatic nitrogens is 1. The van der Waals surface area contributed by atoms with Crippen LogP contribution in [0.2, 0.25) is 0 Å². The number of hydrogen-bond acceptors (Lipinski definition) is 1. The standard InChI is InChI=1S/C14H20N2/c1-10(2)16-9-12(8-15-4)13-7-5-6-11(3)14(13)16/h5-7,9-10,15H,8H2,1-4H3. The van der Waals surface area contributed by atoms with Crippen LogP contribution in [-0.4, -0.2) is 11.6 Å². The van der Waals surface area contributed by atoms with Crippen molar-refractivity contribution >= 4 is 10.9 Å². The zero-order valence-corrected chi connectivity index (χ0v) is 10.5. The molecule has 0 saturated carbocycles. The summed E-state index contributed by atoms with van der Waals surface area (Å²) in [4.78, 5) is 0. The van der Waals surface area contributed by atoms with Gasteiger partial charge in [-0.1, -0.05) is 18.2 Å². The second-order valence-corrected chi connectivity index (χ2v) is 4.66. The van der Waals surface area contributed by atoms with E-state index in [1.165, 1.54) is 22.0 Å². The van der Waals surface area contributed by atoms with E-state index in [0.717, 1.165) is 6.54 Å². The van der Waals surface area contributed by atoms with Crippen LogP contribution in [0.25, 0.3) is 10.9 Å². The highest BCUT2D eigenvalue weighted by Gasteiger charge is 2.11. The normalized spacial score (nSPS) is 11.6. The van der Waals surface area contributed by atoms with Crippen LogP contribution in [0.3, 0.4) is 0 Å².